The number of nitrogens with zero attached hydrogens (tertiary/aromatic N) is 3. The summed E-state index contributed by atoms with van der Waals surface area (Å²) >= 11 is 0. The van der Waals surface area contributed by atoms with Crippen molar-refractivity contribution in [1.82, 2.24) is 5.59 Å². The van der Waals surface area contributed by atoms with E-state index in [0.29, 0.717) is 17.8 Å². The topological polar surface area (TPSA) is 66.3 Å². The number of carbonyl (C=O) groups is 1. The Morgan fingerprint density at radius 3 is 2.62 bits per heavy atom. The Morgan fingerprint density at radius 2 is 1.88 bits per heavy atom. The highest BCUT2D eigenvalue weighted by molar-refractivity contribution is 5.95. The van der Waals surface area contributed by atoms with Crippen molar-refractivity contribution in [1.29, 1.82) is 0 Å². The molecule has 0 aliphatic carbocycles. The van der Waals surface area contributed by atoms with Crippen LogP contribution in [-0.4, -0.2) is 5.97 Å². The minimum atomic E-state index is -0.446. The van der Waals surface area contributed by atoms with E-state index in [0.717, 1.165) is 16.8 Å². The fraction of sp³-hybridized carbons (Fsp3) is 0.167. The lowest BCUT2D eigenvalue weighted by Crippen LogP contribution is -2.29. The summed E-state index contributed by atoms with van der Waals surface area (Å²) in [7, 11) is 0. The Morgan fingerprint density at radius 1 is 1.12 bits per heavy atom. The third-order valence-corrected chi connectivity index (χ3v) is 4.10. The molecule has 1 fully saturated rings. The van der Waals surface area contributed by atoms with Crippen LogP contribution in [0.1, 0.15) is 23.6 Å². The number of hydrogen-bond acceptors (Lipinski definition) is 6. The average molecular weight is 320 g/mol. The quantitative estimate of drug-likeness (QED) is 0.859. The van der Waals surface area contributed by atoms with Crippen molar-refractivity contribution in [3.63, 3.8) is 0 Å². The maximum Gasteiger partial charge on any atom is 0.378 e. The molecule has 120 valence electrons. The van der Waals surface area contributed by atoms with Crippen LogP contribution in [0.15, 0.2) is 76.2 Å². The van der Waals surface area contributed by atoms with E-state index in [1.807, 2.05) is 61.5 Å². The first kappa shape index (κ1) is 14.6. The van der Waals surface area contributed by atoms with Gasteiger partial charge >= 0.3 is 5.97 Å². The predicted molar refractivity (Wildman–Crippen MR) is 88.6 cm³/mol. The number of anilines is 1. The summed E-state index contributed by atoms with van der Waals surface area (Å²) < 4.78 is 0. The molecule has 4 rings (SSSR count). The van der Waals surface area contributed by atoms with Crippen LogP contribution in [-0.2, 0) is 9.63 Å². The highest BCUT2D eigenvalue weighted by Crippen LogP contribution is 2.36. The number of azo groups is 1. The Bertz CT molecular complexity index is 828. The Labute approximate surface area is 139 Å². The van der Waals surface area contributed by atoms with Crippen LogP contribution in [0.3, 0.4) is 0 Å². The van der Waals surface area contributed by atoms with Gasteiger partial charge in [-0.15, -0.1) is 0 Å². The molecule has 0 aromatic heterocycles. The van der Waals surface area contributed by atoms with E-state index in [4.69, 9.17) is 4.84 Å². The monoisotopic (exact) mass is 320 g/mol. The first-order valence-electron chi connectivity index (χ1n) is 7.75. The van der Waals surface area contributed by atoms with Crippen molar-refractivity contribution < 1.29 is 9.63 Å². The van der Waals surface area contributed by atoms with E-state index in [-0.39, 0.29) is 6.04 Å². The molecule has 0 radical (unpaired) electrons. The van der Waals surface area contributed by atoms with Gasteiger partial charge in [0.1, 0.15) is 6.04 Å². The van der Waals surface area contributed by atoms with Crippen LogP contribution in [0.2, 0.25) is 0 Å². The first-order chi connectivity index (χ1) is 11.7. The molecule has 0 saturated carbocycles. The summed E-state index contributed by atoms with van der Waals surface area (Å²) in [6, 6.07) is 17.7. The molecule has 1 saturated heterocycles. The molecule has 0 bridgehead atoms. The second-order valence-electron chi connectivity index (χ2n) is 5.79. The first-order valence-corrected chi connectivity index (χ1v) is 7.75. The fourth-order valence-corrected chi connectivity index (χ4v) is 2.80. The molecule has 6 nitrogen and oxygen atoms in total. The van der Waals surface area contributed by atoms with Gasteiger partial charge in [0, 0.05) is 6.42 Å². The molecule has 1 unspecified atom stereocenters. The number of carbonyl (C=O) groups excluding carboxylic acids is 1. The molecule has 24 heavy (non-hydrogen) atoms. The van der Waals surface area contributed by atoms with Crippen LogP contribution < -0.4 is 10.6 Å². The van der Waals surface area contributed by atoms with Crippen LogP contribution in [0.25, 0.3) is 0 Å². The zero-order chi connectivity index (χ0) is 16.5. The molecule has 6 heteroatoms. The highest BCUT2D eigenvalue weighted by Gasteiger charge is 2.35. The van der Waals surface area contributed by atoms with Crippen molar-refractivity contribution in [3.05, 3.63) is 77.1 Å². The molecule has 2 heterocycles. The normalized spacial score (nSPS) is 23.0. The number of nitrogens with one attached hydrogen (secondary N) is 1. The summed E-state index contributed by atoms with van der Waals surface area (Å²) in [6.07, 6.45) is 0.568. The van der Waals surface area contributed by atoms with Gasteiger partial charge in [0.25, 0.3) is 0 Å². The zero-order valence-corrected chi connectivity index (χ0v) is 13.1. The SMILES string of the molecule is Cc1ccc(N2NOC(=O)/C2=C2\CC(c3ccccc3)N=N2)cc1. The van der Waals surface area contributed by atoms with Gasteiger partial charge in [0.2, 0.25) is 0 Å². The van der Waals surface area contributed by atoms with Gasteiger partial charge in [0.05, 0.1) is 11.4 Å². The van der Waals surface area contributed by atoms with Crippen LogP contribution in [0.5, 0.6) is 0 Å². The fourth-order valence-electron chi connectivity index (χ4n) is 2.80. The lowest BCUT2D eigenvalue weighted by Gasteiger charge is -2.16. The summed E-state index contributed by atoms with van der Waals surface area (Å²) in [4.78, 5) is 17.2. The lowest BCUT2D eigenvalue weighted by molar-refractivity contribution is -0.140. The van der Waals surface area contributed by atoms with Crippen molar-refractivity contribution in [3.8, 4) is 0 Å². The van der Waals surface area contributed by atoms with Crippen molar-refractivity contribution in [2.24, 2.45) is 10.2 Å². The molecule has 0 amide bonds. The predicted octanol–water partition coefficient (Wildman–Crippen LogP) is 3.59. The van der Waals surface area contributed by atoms with E-state index in [1.165, 1.54) is 0 Å². The molecule has 2 aliphatic heterocycles. The number of hydrazine groups is 1. The van der Waals surface area contributed by atoms with E-state index in [9.17, 15) is 4.79 Å². The molecule has 2 aromatic rings. The van der Waals surface area contributed by atoms with Crippen LogP contribution in [0, 0.1) is 6.92 Å². The summed E-state index contributed by atoms with van der Waals surface area (Å²) in [6.45, 7) is 2.01. The molecule has 2 aromatic carbocycles. The Kier molecular flexibility index (Phi) is 3.59. The van der Waals surface area contributed by atoms with E-state index >= 15 is 0 Å². The maximum atomic E-state index is 12.2. The lowest BCUT2D eigenvalue weighted by atomic mass is 10.0. The standard InChI is InChI=1S/C18H16N4O2/c1-12-7-9-14(10-8-12)22-17(18(23)24-21-22)16-11-15(19-20-16)13-5-3-2-4-6-13/h2-10,15,21H,11H2,1H3/b17-16-. The number of aryl methyl sites for hydroxylation is 1. The van der Waals surface area contributed by atoms with Gasteiger partial charge in [-0.1, -0.05) is 53.6 Å². The molecule has 1 atom stereocenters. The molecule has 2 aliphatic rings. The Hall–Kier alpha value is -2.99. The Balaban J connectivity index is 1.66. The molecular weight excluding hydrogens is 304 g/mol. The zero-order valence-electron chi connectivity index (χ0n) is 13.1. The van der Waals surface area contributed by atoms with Gasteiger partial charge in [-0.05, 0) is 24.6 Å². The highest BCUT2D eigenvalue weighted by atomic mass is 16.7. The van der Waals surface area contributed by atoms with Gasteiger partial charge < -0.3 is 4.84 Å². The summed E-state index contributed by atoms with van der Waals surface area (Å²) in [5, 5.41) is 10.2. The van der Waals surface area contributed by atoms with Crippen molar-refractivity contribution in [2.75, 3.05) is 5.01 Å². The van der Waals surface area contributed by atoms with E-state index < -0.39 is 5.97 Å². The van der Waals surface area contributed by atoms with Crippen molar-refractivity contribution in [2.45, 2.75) is 19.4 Å². The maximum absolute atomic E-state index is 12.2. The number of rotatable bonds is 2. The third kappa shape index (κ3) is 2.57. The van der Waals surface area contributed by atoms with E-state index in [1.54, 1.807) is 5.01 Å². The third-order valence-electron chi connectivity index (χ3n) is 4.10. The van der Waals surface area contributed by atoms with E-state index in [2.05, 4.69) is 15.8 Å². The molecule has 0 spiro atoms. The number of benzene rings is 2. The minimum Gasteiger partial charge on any atom is -0.345 e. The van der Waals surface area contributed by atoms with Gasteiger partial charge in [-0.3, -0.25) is 0 Å². The number of hydrogen-bond donors (Lipinski definition) is 1. The smallest absolute Gasteiger partial charge is 0.345 e. The van der Waals surface area contributed by atoms with Crippen molar-refractivity contribution >= 4 is 11.7 Å². The van der Waals surface area contributed by atoms with Gasteiger partial charge in [-0.25, -0.2) is 9.80 Å². The molecular formula is C18H16N4O2. The van der Waals surface area contributed by atoms with Gasteiger partial charge in [-0.2, -0.15) is 10.2 Å². The van der Waals surface area contributed by atoms with Crippen LogP contribution in [0.4, 0.5) is 5.69 Å². The average Bonchev–Trinajstić information content (AvgIpc) is 3.23. The molecule has 1 N–H and O–H groups in total. The summed E-state index contributed by atoms with van der Waals surface area (Å²) in [5.74, 6) is -0.446. The second-order valence-corrected chi connectivity index (χ2v) is 5.79. The minimum absolute atomic E-state index is 0.0676. The largest absolute Gasteiger partial charge is 0.378 e. The summed E-state index contributed by atoms with van der Waals surface area (Å²) in [5.41, 5.74) is 6.70. The second kappa shape index (κ2) is 5.90. The van der Waals surface area contributed by atoms with Crippen LogP contribution >= 0.6 is 0 Å². The van der Waals surface area contributed by atoms with Gasteiger partial charge in [0.15, 0.2) is 5.70 Å².